The van der Waals surface area contributed by atoms with Gasteiger partial charge in [-0.25, -0.2) is 4.39 Å². The van der Waals surface area contributed by atoms with Crippen LogP contribution >= 0.6 is 22.6 Å². The molecule has 0 aliphatic carbocycles. The summed E-state index contributed by atoms with van der Waals surface area (Å²) in [5, 5.41) is 6.17. The number of benzene rings is 1. The van der Waals surface area contributed by atoms with Crippen molar-refractivity contribution in [3.63, 3.8) is 0 Å². The molecule has 0 aromatic heterocycles. The summed E-state index contributed by atoms with van der Waals surface area (Å²) in [6, 6.07) is 5.45. The van der Waals surface area contributed by atoms with Crippen LogP contribution in [0.4, 0.5) is 10.1 Å². The number of nitrogens with zero attached hydrogens (tertiary/aromatic N) is 1. The number of anilines is 1. The van der Waals surface area contributed by atoms with Crippen LogP contribution in [0.25, 0.3) is 0 Å². The molecule has 100 valence electrons. The van der Waals surface area contributed by atoms with E-state index in [0.29, 0.717) is 11.6 Å². The predicted molar refractivity (Wildman–Crippen MR) is 83.6 cm³/mol. The van der Waals surface area contributed by atoms with Crippen molar-refractivity contribution in [2.24, 2.45) is 4.99 Å². The maximum absolute atomic E-state index is 13.7. The highest BCUT2D eigenvalue weighted by Gasteiger charge is 2.07. The Labute approximate surface area is 121 Å². The smallest absolute Gasteiger partial charge is 0.196 e. The Morgan fingerprint density at radius 2 is 1.94 bits per heavy atom. The van der Waals surface area contributed by atoms with Gasteiger partial charge in [0.2, 0.25) is 0 Å². The summed E-state index contributed by atoms with van der Waals surface area (Å²) in [6.45, 7) is 7.99. The molecule has 18 heavy (non-hydrogen) atoms. The van der Waals surface area contributed by atoms with Crippen LogP contribution < -0.4 is 10.6 Å². The predicted octanol–water partition coefficient (Wildman–Crippen LogP) is 3.60. The standard InChI is InChI=1S/C13H19FIN3/c1-8(2)16-13(17-9(3)4)18-12-6-5-10(15)7-11(12)14/h5-9H,1-4H3,(H2,16,17,18). The number of nitrogens with one attached hydrogen (secondary N) is 2. The van der Waals surface area contributed by atoms with Crippen molar-refractivity contribution in [1.29, 1.82) is 0 Å². The molecule has 0 aliphatic rings. The highest BCUT2D eigenvalue weighted by molar-refractivity contribution is 14.1. The molecule has 0 unspecified atom stereocenters. The zero-order valence-electron chi connectivity index (χ0n) is 11.1. The third kappa shape index (κ3) is 5.20. The maximum atomic E-state index is 13.7. The van der Waals surface area contributed by atoms with Gasteiger partial charge in [0.25, 0.3) is 0 Å². The molecule has 0 radical (unpaired) electrons. The number of halogens is 2. The van der Waals surface area contributed by atoms with Gasteiger partial charge in [-0.15, -0.1) is 0 Å². The lowest BCUT2D eigenvalue weighted by Crippen LogP contribution is -2.36. The first-order valence-corrected chi connectivity index (χ1v) is 7.02. The number of rotatable bonds is 3. The van der Waals surface area contributed by atoms with E-state index in [2.05, 4.69) is 38.2 Å². The van der Waals surface area contributed by atoms with Gasteiger partial charge in [0, 0.05) is 15.7 Å². The molecular weight excluding hydrogens is 344 g/mol. The van der Waals surface area contributed by atoms with Crippen LogP contribution in [0.5, 0.6) is 0 Å². The van der Waals surface area contributed by atoms with Crippen molar-refractivity contribution in [2.75, 3.05) is 5.32 Å². The minimum absolute atomic E-state index is 0.144. The second kappa shape index (κ2) is 6.92. The van der Waals surface area contributed by atoms with Gasteiger partial charge in [-0.05, 0) is 68.5 Å². The quantitative estimate of drug-likeness (QED) is 0.489. The summed E-state index contributed by atoms with van der Waals surface area (Å²) in [7, 11) is 0. The normalized spacial score (nSPS) is 12.1. The number of hydrogen-bond acceptors (Lipinski definition) is 1. The van der Waals surface area contributed by atoms with Gasteiger partial charge in [0.1, 0.15) is 5.82 Å². The van der Waals surface area contributed by atoms with Crippen LogP contribution in [0, 0.1) is 9.39 Å². The molecular formula is C13H19FIN3. The zero-order chi connectivity index (χ0) is 13.7. The maximum Gasteiger partial charge on any atom is 0.196 e. The van der Waals surface area contributed by atoms with Gasteiger partial charge in [0.05, 0.1) is 5.69 Å². The minimum Gasteiger partial charge on any atom is -0.354 e. The lowest BCUT2D eigenvalue weighted by Gasteiger charge is -2.16. The van der Waals surface area contributed by atoms with E-state index in [1.165, 1.54) is 6.07 Å². The fourth-order valence-electron chi connectivity index (χ4n) is 1.36. The number of aliphatic imine (C=N–C) groups is 1. The van der Waals surface area contributed by atoms with Crippen LogP contribution in [-0.2, 0) is 0 Å². The van der Waals surface area contributed by atoms with E-state index >= 15 is 0 Å². The van der Waals surface area contributed by atoms with Gasteiger partial charge in [-0.3, -0.25) is 4.99 Å². The van der Waals surface area contributed by atoms with E-state index < -0.39 is 0 Å². The largest absolute Gasteiger partial charge is 0.354 e. The summed E-state index contributed by atoms with van der Waals surface area (Å²) in [5.41, 5.74) is 0.433. The molecule has 0 aliphatic heterocycles. The molecule has 1 rings (SSSR count). The Morgan fingerprint density at radius 1 is 1.28 bits per heavy atom. The number of guanidine groups is 1. The molecule has 0 fully saturated rings. The van der Waals surface area contributed by atoms with Gasteiger partial charge in [-0.1, -0.05) is 0 Å². The third-order valence-corrected chi connectivity index (χ3v) is 2.67. The second-order valence-electron chi connectivity index (χ2n) is 4.62. The first kappa shape index (κ1) is 15.2. The molecule has 0 heterocycles. The van der Waals surface area contributed by atoms with Gasteiger partial charge >= 0.3 is 0 Å². The summed E-state index contributed by atoms with van der Waals surface area (Å²) in [4.78, 5) is 4.40. The molecule has 0 bridgehead atoms. The van der Waals surface area contributed by atoms with Crippen LogP contribution in [0.2, 0.25) is 0 Å². The van der Waals surface area contributed by atoms with E-state index in [9.17, 15) is 4.39 Å². The van der Waals surface area contributed by atoms with Crippen molar-refractivity contribution < 1.29 is 4.39 Å². The van der Waals surface area contributed by atoms with E-state index in [1.54, 1.807) is 6.07 Å². The highest BCUT2D eigenvalue weighted by atomic mass is 127. The molecule has 0 amide bonds. The van der Waals surface area contributed by atoms with Crippen LogP contribution in [-0.4, -0.2) is 18.0 Å². The molecule has 0 saturated heterocycles. The summed E-state index contributed by atoms with van der Waals surface area (Å²) in [6.07, 6.45) is 0. The Bertz CT molecular complexity index is 430. The number of hydrogen-bond donors (Lipinski definition) is 2. The first-order chi connectivity index (χ1) is 8.38. The minimum atomic E-state index is -0.274. The van der Waals surface area contributed by atoms with E-state index in [4.69, 9.17) is 0 Å². The molecule has 0 atom stereocenters. The van der Waals surface area contributed by atoms with Crippen LogP contribution in [0.15, 0.2) is 23.2 Å². The van der Waals surface area contributed by atoms with Crippen LogP contribution in [0.3, 0.4) is 0 Å². The Kier molecular flexibility index (Phi) is 5.84. The topological polar surface area (TPSA) is 36.4 Å². The van der Waals surface area contributed by atoms with Crippen molar-refractivity contribution in [3.8, 4) is 0 Å². The lowest BCUT2D eigenvalue weighted by atomic mass is 10.3. The lowest BCUT2D eigenvalue weighted by molar-refractivity contribution is 0.630. The summed E-state index contributed by atoms with van der Waals surface area (Å²) >= 11 is 2.08. The Hall–Kier alpha value is -0.850. The van der Waals surface area contributed by atoms with Gasteiger partial charge in [-0.2, -0.15) is 0 Å². The third-order valence-electron chi connectivity index (χ3n) is 2.00. The second-order valence-corrected chi connectivity index (χ2v) is 5.87. The zero-order valence-corrected chi connectivity index (χ0v) is 13.2. The average Bonchev–Trinajstić information content (AvgIpc) is 2.20. The fourth-order valence-corrected chi connectivity index (χ4v) is 1.81. The van der Waals surface area contributed by atoms with E-state index in [1.807, 2.05) is 33.8 Å². The molecule has 3 nitrogen and oxygen atoms in total. The van der Waals surface area contributed by atoms with Crippen LogP contribution in [0.1, 0.15) is 27.7 Å². The molecule has 0 saturated carbocycles. The average molecular weight is 363 g/mol. The van der Waals surface area contributed by atoms with Gasteiger partial charge < -0.3 is 10.6 Å². The molecule has 2 N–H and O–H groups in total. The Morgan fingerprint density at radius 3 is 2.44 bits per heavy atom. The van der Waals surface area contributed by atoms with E-state index in [-0.39, 0.29) is 17.9 Å². The van der Waals surface area contributed by atoms with Gasteiger partial charge in [0.15, 0.2) is 5.96 Å². The van der Waals surface area contributed by atoms with E-state index in [0.717, 1.165) is 3.57 Å². The fraction of sp³-hybridized carbons (Fsp3) is 0.462. The molecule has 0 spiro atoms. The SMILES string of the molecule is CC(C)N=C(Nc1ccc(I)cc1F)NC(C)C. The van der Waals surface area contributed by atoms with Crippen molar-refractivity contribution in [2.45, 2.75) is 39.8 Å². The summed E-state index contributed by atoms with van der Waals surface area (Å²) < 4.78 is 14.6. The van der Waals surface area contributed by atoms with Crippen molar-refractivity contribution >= 4 is 34.2 Å². The summed E-state index contributed by atoms with van der Waals surface area (Å²) in [5.74, 6) is 0.323. The highest BCUT2D eigenvalue weighted by Crippen LogP contribution is 2.16. The molecule has 5 heteroatoms. The molecule has 1 aromatic carbocycles. The first-order valence-electron chi connectivity index (χ1n) is 5.95. The monoisotopic (exact) mass is 363 g/mol. The van der Waals surface area contributed by atoms with Crippen molar-refractivity contribution in [3.05, 3.63) is 27.6 Å². The Balaban J connectivity index is 2.89. The molecule has 1 aromatic rings. The van der Waals surface area contributed by atoms with Crippen molar-refractivity contribution in [1.82, 2.24) is 5.32 Å².